The molecule has 0 aromatic carbocycles. The molecule has 20 heavy (non-hydrogen) atoms. The van der Waals surface area contributed by atoms with Crippen LogP contribution >= 0.6 is 0 Å². The van der Waals surface area contributed by atoms with Crippen molar-refractivity contribution in [1.82, 2.24) is 4.90 Å². The molecule has 112 valence electrons. The number of aliphatic hydroxyl groups excluding tert-OH is 1. The first kappa shape index (κ1) is 16.7. The van der Waals surface area contributed by atoms with Crippen LogP contribution in [0.4, 0.5) is 0 Å². The molecular weight excluding hydrogens is 250 g/mol. The van der Waals surface area contributed by atoms with Gasteiger partial charge in [-0.15, -0.1) is 5.73 Å². The Bertz CT molecular complexity index is 380. The highest BCUT2D eigenvalue weighted by molar-refractivity contribution is 5.78. The number of unbranched alkanes of at least 4 members (excludes halogenated alkanes) is 2. The molecule has 3 heteroatoms. The zero-order chi connectivity index (χ0) is 14.8. The fourth-order valence-electron chi connectivity index (χ4n) is 2.49. The molecular formula is C17H27NO2. The second-order valence-electron chi connectivity index (χ2n) is 5.34. The number of amides is 1. The smallest absolute Gasteiger partial charge is 0.222 e. The summed E-state index contributed by atoms with van der Waals surface area (Å²) < 4.78 is 0. The second kappa shape index (κ2) is 9.57. The van der Waals surface area contributed by atoms with Crippen LogP contribution < -0.4 is 0 Å². The molecule has 1 atom stereocenters. The van der Waals surface area contributed by atoms with E-state index in [2.05, 4.69) is 19.2 Å². The van der Waals surface area contributed by atoms with Crippen molar-refractivity contribution in [1.29, 1.82) is 0 Å². The maximum Gasteiger partial charge on any atom is 0.222 e. The van der Waals surface area contributed by atoms with Gasteiger partial charge in [0.2, 0.25) is 5.91 Å². The minimum atomic E-state index is -0.440. The summed E-state index contributed by atoms with van der Waals surface area (Å²) in [7, 11) is 0. The van der Waals surface area contributed by atoms with Crippen molar-refractivity contribution in [3.8, 4) is 0 Å². The zero-order valence-electron chi connectivity index (χ0n) is 12.6. The van der Waals surface area contributed by atoms with Crippen LogP contribution in [0.3, 0.4) is 0 Å². The van der Waals surface area contributed by atoms with Gasteiger partial charge in [-0.3, -0.25) is 4.79 Å². The Kier molecular flexibility index (Phi) is 8.01. The molecule has 0 aromatic heterocycles. The van der Waals surface area contributed by atoms with Crippen molar-refractivity contribution in [2.45, 2.75) is 58.0 Å². The van der Waals surface area contributed by atoms with Crippen molar-refractivity contribution >= 4 is 5.91 Å². The molecule has 0 aliphatic carbocycles. The summed E-state index contributed by atoms with van der Waals surface area (Å²) in [4.78, 5) is 13.4. The van der Waals surface area contributed by atoms with E-state index in [1.54, 1.807) is 6.08 Å². The van der Waals surface area contributed by atoms with Crippen molar-refractivity contribution in [2.24, 2.45) is 0 Å². The Morgan fingerprint density at radius 1 is 1.55 bits per heavy atom. The molecule has 1 fully saturated rings. The van der Waals surface area contributed by atoms with Gasteiger partial charge in [-0.25, -0.2) is 0 Å². The van der Waals surface area contributed by atoms with Crippen LogP contribution in [0, 0.1) is 0 Å². The number of hydrogen-bond acceptors (Lipinski definition) is 2. The molecule has 0 spiro atoms. The summed E-state index contributed by atoms with van der Waals surface area (Å²) in [5.74, 6) is 0.253. The van der Waals surface area contributed by atoms with Crippen molar-refractivity contribution in [3.05, 3.63) is 30.0 Å². The molecule has 1 N–H and O–H groups in total. The van der Waals surface area contributed by atoms with Crippen LogP contribution in [-0.4, -0.2) is 35.1 Å². The van der Waals surface area contributed by atoms with E-state index >= 15 is 0 Å². The number of rotatable bonds is 9. The third kappa shape index (κ3) is 5.77. The lowest BCUT2D eigenvalue weighted by Crippen LogP contribution is -2.25. The third-order valence-corrected chi connectivity index (χ3v) is 3.69. The van der Waals surface area contributed by atoms with Gasteiger partial charge < -0.3 is 10.0 Å². The van der Waals surface area contributed by atoms with Crippen LogP contribution in [0.15, 0.2) is 30.0 Å². The Labute approximate surface area is 122 Å². The van der Waals surface area contributed by atoms with E-state index in [1.165, 1.54) is 0 Å². The number of hydrogen-bond donors (Lipinski definition) is 1. The number of aliphatic hydroxyl groups is 1. The Morgan fingerprint density at radius 2 is 2.35 bits per heavy atom. The summed E-state index contributed by atoms with van der Waals surface area (Å²) in [6, 6.07) is 0. The molecule has 1 aliphatic heterocycles. The third-order valence-electron chi connectivity index (χ3n) is 3.69. The van der Waals surface area contributed by atoms with Gasteiger partial charge in [0, 0.05) is 19.5 Å². The van der Waals surface area contributed by atoms with Gasteiger partial charge in [0.15, 0.2) is 0 Å². The van der Waals surface area contributed by atoms with Crippen molar-refractivity contribution in [2.75, 3.05) is 13.1 Å². The first-order chi connectivity index (χ1) is 9.69. The lowest BCUT2D eigenvalue weighted by molar-refractivity contribution is -0.127. The summed E-state index contributed by atoms with van der Waals surface area (Å²) in [6.07, 6.45) is 9.87. The SMILES string of the molecule is C=C=C/C(=C\CCN1CCCC1=O)C(O)CCCCC. The standard InChI is InChI=1S/C17H27NO2/c1-3-5-6-11-16(19)15(9-4-2)10-7-13-18-14-8-12-17(18)20/h9-10,16,19H,2-3,5-8,11-14H2,1H3/b15-10+. The number of likely N-dealkylation sites (tertiary alicyclic amines) is 1. The minimum Gasteiger partial charge on any atom is -0.388 e. The Balaban J connectivity index is 2.45. The summed E-state index contributed by atoms with van der Waals surface area (Å²) in [5.41, 5.74) is 3.62. The van der Waals surface area contributed by atoms with Crippen LogP contribution in [-0.2, 0) is 4.79 Å². The molecule has 1 heterocycles. The average molecular weight is 277 g/mol. The van der Waals surface area contributed by atoms with E-state index in [0.29, 0.717) is 6.42 Å². The molecule has 1 aliphatic rings. The predicted molar refractivity (Wildman–Crippen MR) is 82.4 cm³/mol. The van der Waals surface area contributed by atoms with E-state index in [1.807, 2.05) is 11.0 Å². The molecule has 3 nitrogen and oxygen atoms in total. The lowest BCUT2D eigenvalue weighted by atomic mass is 10.0. The second-order valence-corrected chi connectivity index (χ2v) is 5.34. The summed E-state index contributed by atoms with van der Waals surface area (Å²) >= 11 is 0. The first-order valence-corrected chi connectivity index (χ1v) is 7.70. The van der Waals surface area contributed by atoms with Crippen molar-refractivity contribution in [3.63, 3.8) is 0 Å². The van der Waals surface area contributed by atoms with Gasteiger partial charge in [-0.1, -0.05) is 38.8 Å². The molecule has 0 bridgehead atoms. The molecule has 1 unspecified atom stereocenters. The maximum atomic E-state index is 11.5. The fraction of sp³-hybridized carbons (Fsp3) is 0.647. The lowest BCUT2D eigenvalue weighted by Gasteiger charge is -2.15. The number of carbonyl (C=O) groups excluding carboxylic acids is 1. The van der Waals surface area contributed by atoms with E-state index < -0.39 is 6.10 Å². The van der Waals surface area contributed by atoms with Crippen LogP contribution in [0.25, 0.3) is 0 Å². The van der Waals surface area contributed by atoms with E-state index in [-0.39, 0.29) is 5.91 Å². The fourth-order valence-corrected chi connectivity index (χ4v) is 2.49. The quantitative estimate of drug-likeness (QED) is 0.399. The Morgan fingerprint density at radius 3 is 2.95 bits per heavy atom. The molecule has 0 aromatic rings. The van der Waals surface area contributed by atoms with Gasteiger partial charge in [0.1, 0.15) is 0 Å². The molecule has 0 radical (unpaired) electrons. The molecule has 0 saturated carbocycles. The van der Waals surface area contributed by atoms with Gasteiger partial charge in [0.05, 0.1) is 6.10 Å². The Hall–Kier alpha value is -1.31. The maximum absolute atomic E-state index is 11.5. The first-order valence-electron chi connectivity index (χ1n) is 7.70. The average Bonchev–Trinajstić information content (AvgIpc) is 2.83. The number of nitrogens with zero attached hydrogens (tertiary/aromatic N) is 1. The summed E-state index contributed by atoms with van der Waals surface area (Å²) in [5, 5.41) is 10.2. The van der Waals surface area contributed by atoms with E-state index in [0.717, 1.165) is 57.2 Å². The van der Waals surface area contributed by atoms with Crippen molar-refractivity contribution < 1.29 is 9.90 Å². The topological polar surface area (TPSA) is 40.5 Å². The predicted octanol–water partition coefficient (Wildman–Crippen LogP) is 3.21. The van der Waals surface area contributed by atoms with Gasteiger partial charge in [0.25, 0.3) is 0 Å². The van der Waals surface area contributed by atoms with Crippen LogP contribution in [0.1, 0.15) is 51.9 Å². The van der Waals surface area contributed by atoms with E-state index in [9.17, 15) is 9.90 Å². The summed E-state index contributed by atoms with van der Waals surface area (Å²) in [6.45, 7) is 7.35. The highest BCUT2D eigenvalue weighted by Crippen LogP contribution is 2.15. The van der Waals surface area contributed by atoms with Gasteiger partial charge in [-0.05, 0) is 30.9 Å². The highest BCUT2D eigenvalue weighted by Gasteiger charge is 2.18. The molecule has 1 saturated heterocycles. The number of carbonyl (C=O) groups is 1. The molecule has 1 amide bonds. The zero-order valence-corrected chi connectivity index (χ0v) is 12.6. The largest absolute Gasteiger partial charge is 0.388 e. The van der Waals surface area contributed by atoms with Crippen LogP contribution in [0.2, 0.25) is 0 Å². The highest BCUT2D eigenvalue weighted by atomic mass is 16.3. The molecule has 1 rings (SSSR count). The van der Waals surface area contributed by atoms with Gasteiger partial charge >= 0.3 is 0 Å². The monoisotopic (exact) mass is 277 g/mol. The van der Waals surface area contributed by atoms with Crippen LogP contribution in [0.5, 0.6) is 0 Å². The minimum absolute atomic E-state index is 0.253. The normalized spacial score (nSPS) is 17.2. The van der Waals surface area contributed by atoms with E-state index in [4.69, 9.17) is 0 Å². The van der Waals surface area contributed by atoms with Gasteiger partial charge in [-0.2, -0.15) is 0 Å².